The highest BCUT2D eigenvalue weighted by Gasteiger charge is 2.12. The largest absolute Gasteiger partial charge is 0.467 e. The molecule has 0 atom stereocenters. The number of hydrogen-bond acceptors (Lipinski definition) is 5. The van der Waals surface area contributed by atoms with E-state index < -0.39 is 0 Å². The second-order valence-corrected chi connectivity index (χ2v) is 6.60. The van der Waals surface area contributed by atoms with Gasteiger partial charge < -0.3 is 24.3 Å². The Morgan fingerprint density at radius 1 is 1.30 bits per heavy atom. The number of carbonyl (C=O) groups excluding carboxylic acids is 1. The molecule has 1 aromatic rings. The number of nitrogens with zero attached hydrogens (tertiary/aromatic N) is 4. The van der Waals surface area contributed by atoms with Gasteiger partial charge in [0, 0.05) is 40.8 Å². The quantitative estimate of drug-likeness (QED) is 0.253. The van der Waals surface area contributed by atoms with Crippen molar-refractivity contribution in [1.82, 2.24) is 20.0 Å². The fourth-order valence-electron chi connectivity index (χ4n) is 2.63. The Hall–Kier alpha value is -1.33. The Bertz CT molecular complexity index is 559. The third-order valence-corrected chi connectivity index (χ3v) is 4.24. The molecule has 0 aliphatic carbocycles. The molecule has 2 heterocycles. The van der Waals surface area contributed by atoms with Gasteiger partial charge in [0.1, 0.15) is 12.3 Å². The minimum absolute atomic E-state index is 0. The lowest BCUT2D eigenvalue weighted by Gasteiger charge is -2.27. The van der Waals surface area contributed by atoms with E-state index in [1.54, 1.807) is 25.3 Å². The van der Waals surface area contributed by atoms with Gasteiger partial charge in [-0.15, -0.1) is 24.0 Å². The van der Waals surface area contributed by atoms with E-state index in [1.807, 2.05) is 24.1 Å². The molecule has 2 rings (SSSR count). The van der Waals surface area contributed by atoms with Gasteiger partial charge in [0.25, 0.3) is 0 Å². The highest BCUT2D eigenvalue weighted by molar-refractivity contribution is 14.0. The summed E-state index contributed by atoms with van der Waals surface area (Å²) in [5.41, 5.74) is 0. The van der Waals surface area contributed by atoms with Gasteiger partial charge in [-0.2, -0.15) is 0 Å². The molecule has 1 aromatic heterocycles. The van der Waals surface area contributed by atoms with Crippen LogP contribution in [0.3, 0.4) is 0 Å². The van der Waals surface area contributed by atoms with Crippen LogP contribution in [0.5, 0.6) is 0 Å². The van der Waals surface area contributed by atoms with Crippen LogP contribution in [-0.2, 0) is 16.1 Å². The molecule has 8 nitrogen and oxygen atoms in total. The monoisotopic (exact) mass is 493 g/mol. The molecule has 1 aliphatic heterocycles. The smallest absolute Gasteiger partial charge is 0.243 e. The van der Waals surface area contributed by atoms with Crippen molar-refractivity contribution >= 4 is 35.8 Å². The maximum Gasteiger partial charge on any atom is 0.243 e. The molecule has 1 N–H and O–H groups in total. The maximum atomic E-state index is 11.9. The summed E-state index contributed by atoms with van der Waals surface area (Å²) in [5.74, 6) is 1.54. The Kier molecular flexibility index (Phi) is 11.4. The van der Waals surface area contributed by atoms with Crippen LogP contribution in [0.4, 0.5) is 0 Å². The molecule has 0 bridgehead atoms. The summed E-state index contributed by atoms with van der Waals surface area (Å²) in [6.45, 7) is 6.18. The van der Waals surface area contributed by atoms with Crippen LogP contribution in [0.1, 0.15) is 12.2 Å². The van der Waals surface area contributed by atoms with Crippen molar-refractivity contribution in [2.75, 3.05) is 67.1 Å². The molecule has 0 unspecified atom stereocenters. The van der Waals surface area contributed by atoms with Gasteiger partial charge in [-0.3, -0.25) is 9.69 Å². The topological polar surface area (TPSA) is 73.6 Å². The fourth-order valence-corrected chi connectivity index (χ4v) is 2.63. The van der Waals surface area contributed by atoms with Gasteiger partial charge in [-0.25, -0.2) is 4.99 Å². The lowest BCUT2D eigenvalue weighted by Crippen LogP contribution is -2.41. The van der Waals surface area contributed by atoms with Crippen molar-refractivity contribution < 1.29 is 13.9 Å². The normalized spacial score (nSPS) is 15.1. The van der Waals surface area contributed by atoms with Crippen LogP contribution < -0.4 is 5.32 Å². The number of ether oxygens (including phenoxy) is 1. The Balaban J connectivity index is 0.00000364. The average molecular weight is 493 g/mol. The molecular weight excluding hydrogens is 461 g/mol. The van der Waals surface area contributed by atoms with E-state index in [9.17, 15) is 4.79 Å². The molecule has 154 valence electrons. The fraction of sp³-hybridized carbons (Fsp3) is 0.667. The Morgan fingerprint density at radius 2 is 2.04 bits per heavy atom. The van der Waals surface area contributed by atoms with E-state index in [0.29, 0.717) is 12.5 Å². The highest BCUT2D eigenvalue weighted by atomic mass is 127. The molecule has 1 aliphatic rings. The SMILES string of the molecule is CN(C)C(=O)CN=C(NCCCN1CCOCC1)N(C)Cc1ccco1.I. The second kappa shape index (κ2) is 12.9. The lowest BCUT2D eigenvalue weighted by atomic mass is 10.3. The van der Waals surface area contributed by atoms with Gasteiger partial charge in [-0.1, -0.05) is 0 Å². The number of morpholine rings is 1. The van der Waals surface area contributed by atoms with Gasteiger partial charge in [-0.05, 0) is 25.1 Å². The maximum absolute atomic E-state index is 11.9. The van der Waals surface area contributed by atoms with Crippen LogP contribution in [-0.4, -0.2) is 93.6 Å². The number of aliphatic imine (C=N–C) groups is 1. The number of nitrogens with one attached hydrogen (secondary N) is 1. The van der Waals surface area contributed by atoms with Gasteiger partial charge in [0.2, 0.25) is 5.91 Å². The zero-order chi connectivity index (χ0) is 18.8. The molecule has 27 heavy (non-hydrogen) atoms. The summed E-state index contributed by atoms with van der Waals surface area (Å²) in [7, 11) is 5.41. The lowest BCUT2D eigenvalue weighted by molar-refractivity contribution is -0.127. The summed E-state index contributed by atoms with van der Waals surface area (Å²) in [5, 5.41) is 3.37. The molecule has 0 spiro atoms. The number of carbonyl (C=O) groups is 1. The van der Waals surface area contributed by atoms with E-state index in [2.05, 4.69) is 15.2 Å². The van der Waals surface area contributed by atoms with Crippen LogP contribution in [0.15, 0.2) is 27.8 Å². The number of rotatable bonds is 8. The first kappa shape index (κ1) is 23.7. The first-order valence-corrected chi connectivity index (χ1v) is 9.08. The van der Waals surface area contributed by atoms with Gasteiger partial charge >= 0.3 is 0 Å². The van der Waals surface area contributed by atoms with Crippen molar-refractivity contribution in [3.63, 3.8) is 0 Å². The number of halogens is 1. The van der Waals surface area contributed by atoms with Gasteiger partial charge in [0.05, 0.1) is 26.0 Å². The molecule has 0 saturated carbocycles. The molecule has 0 radical (unpaired) electrons. The summed E-state index contributed by atoms with van der Waals surface area (Å²) in [6, 6.07) is 3.79. The first-order chi connectivity index (χ1) is 12.6. The molecule has 1 fully saturated rings. The van der Waals surface area contributed by atoms with Gasteiger partial charge in [0.15, 0.2) is 5.96 Å². The number of furan rings is 1. The summed E-state index contributed by atoms with van der Waals surface area (Å²) in [4.78, 5) is 22.3. The van der Waals surface area contributed by atoms with Crippen molar-refractivity contribution in [3.8, 4) is 0 Å². The average Bonchev–Trinajstić information content (AvgIpc) is 3.14. The number of hydrogen-bond donors (Lipinski definition) is 1. The zero-order valence-corrected chi connectivity index (χ0v) is 18.8. The number of likely N-dealkylation sites (N-methyl/N-ethyl adjacent to an activating group) is 1. The third kappa shape index (κ3) is 8.93. The molecule has 1 amide bonds. The minimum Gasteiger partial charge on any atom is -0.467 e. The third-order valence-electron chi connectivity index (χ3n) is 4.24. The van der Waals surface area contributed by atoms with Crippen LogP contribution in [0.25, 0.3) is 0 Å². The van der Waals surface area contributed by atoms with E-state index in [0.717, 1.165) is 51.6 Å². The number of amides is 1. The summed E-state index contributed by atoms with van der Waals surface area (Å²) >= 11 is 0. The van der Waals surface area contributed by atoms with Crippen LogP contribution in [0, 0.1) is 0 Å². The predicted molar refractivity (Wildman–Crippen MR) is 116 cm³/mol. The highest BCUT2D eigenvalue weighted by Crippen LogP contribution is 2.04. The molecule has 1 saturated heterocycles. The van der Waals surface area contributed by atoms with Crippen molar-refractivity contribution in [3.05, 3.63) is 24.2 Å². The van der Waals surface area contributed by atoms with E-state index in [1.165, 1.54) is 0 Å². The molecule has 0 aromatic carbocycles. The predicted octanol–water partition coefficient (Wildman–Crippen LogP) is 1.09. The Morgan fingerprint density at radius 3 is 2.67 bits per heavy atom. The molecule has 9 heteroatoms. The van der Waals surface area contributed by atoms with Crippen LogP contribution in [0.2, 0.25) is 0 Å². The van der Waals surface area contributed by atoms with Crippen molar-refractivity contribution in [1.29, 1.82) is 0 Å². The molecular formula is C18H32IN5O3. The van der Waals surface area contributed by atoms with Crippen molar-refractivity contribution in [2.45, 2.75) is 13.0 Å². The minimum atomic E-state index is -0.0241. The van der Waals surface area contributed by atoms with Crippen LogP contribution >= 0.6 is 24.0 Å². The van der Waals surface area contributed by atoms with E-state index in [4.69, 9.17) is 9.15 Å². The second-order valence-electron chi connectivity index (χ2n) is 6.60. The summed E-state index contributed by atoms with van der Waals surface area (Å²) in [6.07, 6.45) is 2.67. The van der Waals surface area contributed by atoms with E-state index in [-0.39, 0.29) is 36.4 Å². The van der Waals surface area contributed by atoms with Crippen molar-refractivity contribution in [2.24, 2.45) is 4.99 Å². The standard InChI is InChI=1S/C18H31N5O3.HI/c1-21(2)17(24)14-20-18(22(3)15-16-6-4-11-26-16)19-7-5-8-23-9-12-25-13-10-23;/h4,6,11H,5,7-10,12-15H2,1-3H3,(H,19,20);1H. The number of guanidine groups is 1. The summed E-state index contributed by atoms with van der Waals surface area (Å²) < 4.78 is 10.8. The Labute approximate surface area is 178 Å². The van der Waals surface area contributed by atoms with E-state index >= 15 is 0 Å². The first-order valence-electron chi connectivity index (χ1n) is 9.08. The zero-order valence-electron chi connectivity index (χ0n) is 16.5.